The predicted molar refractivity (Wildman–Crippen MR) is 187 cm³/mol. The van der Waals surface area contributed by atoms with Crippen molar-refractivity contribution in [2.24, 2.45) is 17.8 Å². The first-order chi connectivity index (χ1) is 22.6. The number of aryl methyl sites for hydroxylation is 1. The van der Waals surface area contributed by atoms with Crippen molar-refractivity contribution in [2.75, 3.05) is 24.6 Å². The highest BCUT2D eigenvalue weighted by molar-refractivity contribution is 7.84. The van der Waals surface area contributed by atoms with Crippen LogP contribution < -0.4 is 14.4 Å². The maximum Gasteiger partial charge on any atom is 0.263 e. The number of carbonyl (C=O) groups is 1. The third-order valence-electron chi connectivity index (χ3n) is 11.3. The number of fused-ring (bicyclic) bond motifs is 4. The molecule has 1 aromatic heterocycles. The van der Waals surface area contributed by atoms with Crippen molar-refractivity contribution in [3.63, 3.8) is 0 Å². The lowest BCUT2D eigenvalue weighted by Crippen LogP contribution is -2.53. The second-order valence-corrected chi connectivity index (χ2v) is 16.2. The molecule has 2 bridgehead atoms. The third-order valence-corrected chi connectivity index (χ3v) is 13.0. The molecule has 1 amide bonds. The number of hydrogen-bond donors (Lipinski definition) is 2. The average Bonchev–Trinajstić information content (AvgIpc) is 3.19. The molecule has 0 saturated heterocycles. The van der Waals surface area contributed by atoms with Gasteiger partial charge in [0.2, 0.25) is 0 Å². The number of amides is 1. The average molecular weight is 674 g/mol. The minimum absolute atomic E-state index is 0.0250. The van der Waals surface area contributed by atoms with Gasteiger partial charge in [-0.2, -0.15) is 0 Å². The summed E-state index contributed by atoms with van der Waals surface area (Å²) in [5.41, 5.74) is 3.41. The molecule has 4 aliphatic rings. The number of ether oxygens (including phenoxy) is 1. The van der Waals surface area contributed by atoms with Gasteiger partial charge in [0.15, 0.2) is 0 Å². The first kappa shape index (κ1) is 32.4. The van der Waals surface area contributed by atoms with Crippen LogP contribution in [-0.4, -0.2) is 50.8 Å². The lowest BCUT2D eigenvalue weighted by Gasteiger charge is -2.49. The van der Waals surface area contributed by atoms with Crippen LogP contribution in [0.15, 0.2) is 72.9 Å². The van der Waals surface area contributed by atoms with E-state index in [9.17, 15) is 14.1 Å². The summed E-state index contributed by atoms with van der Waals surface area (Å²) in [6, 6.07) is 17.7. The number of nitrogens with one attached hydrogen (secondary N) is 1. The molecule has 1 saturated carbocycles. The van der Waals surface area contributed by atoms with Crippen LogP contribution in [0.5, 0.6) is 5.75 Å². The van der Waals surface area contributed by atoms with Gasteiger partial charge in [0, 0.05) is 47.4 Å². The third kappa shape index (κ3) is 6.36. The van der Waals surface area contributed by atoms with Crippen LogP contribution in [0.1, 0.15) is 73.1 Å². The zero-order chi connectivity index (χ0) is 32.8. The van der Waals surface area contributed by atoms with Crippen LogP contribution in [0.4, 0.5) is 5.69 Å². The summed E-state index contributed by atoms with van der Waals surface area (Å²) >= 11 is 6.46. The van der Waals surface area contributed by atoms with Gasteiger partial charge in [-0.1, -0.05) is 42.8 Å². The zero-order valence-electron chi connectivity index (χ0n) is 27.2. The molecule has 3 aromatic rings. The fourth-order valence-corrected chi connectivity index (χ4v) is 9.44. The Morgan fingerprint density at radius 3 is 2.81 bits per heavy atom. The van der Waals surface area contributed by atoms with Crippen molar-refractivity contribution in [3.8, 4) is 5.75 Å². The Labute approximate surface area is 285 Å². The van der Waals surface area contributed by atoms with Crippen molar-refractivity contribution >= 4 is 34.2 Å². The van der Waals surface area contributed by atoms with E-state index in [1.54, 1.807) is 12.3 Å². The lowest BCUT2D eigenvalue weighted by atomic mass is 9.62. The predicted octanol–water partition coefficient (Wildman–Crippen LogP) is 6.59. The van der Waals surface area contributed by atoms with E-state index >= 15 is 0 Å². The lowest BCUT2D eigenvalue weighted by molar-refractivity contribution is -0.0452. The fraction of sp³-hybridized carbons (Fsp3) is 0.474. The summed E-state index contributed by atoms with van der Waals surface area (Å²) in [5, 5.41) is 13.0. The van der Waals surface area contributed by atoms with Crippen LogP contribution in [0.3, 0.4) is 0 Å². The standard InChI is InChI=1S/C38H44ClN3O4S/c1-25-7-5-17-38(44,21-31-9-3-4-18-40-31)33-13-10-29(33)22-42-23-37(16-6-8-27-19-30(39)12-14-32(27)37)24-46-35-15-11-28(20-34(35)42)36(43)41-47(45)26(25)2/h3-5,9,11-12,14-15,17-20,25-26,29,33,44H,6-8,10,13,16,21-24H2,1-2H3,(H,41,43)/b17-5+/t25?,26?,29?,33?,37-,38-,47?/m0/s1. The molecule has 2 aromatic carbocycles. The number of pyridine rings is 1. The van der Waals surface area contributed by atoms with Gasteiger partial charge in [-0.25, -0.2) is 4.21 Å². The van der Waals surface area contributed by atoms with E-state index in [1.165, 1.54) is 11.1 Å². The Hall–Kier alpha value is -3.20. The molecule has 7 nitrogen and oxygen atoms in total. The van der Waals surface area contributed by atoms with E-state index in [4.69, 9.17) is 16.3 Å². The summed E-state index contributed by atoms with van der Waals surface area (Å²) in [7, 11) is -1.58. The Bertz CT molecular complexity index is 1700. The molecule has 1 fully saturated rings. The maximum atomic E-state index is 13.5. The molecule has 3 heterocycles. The molecule has 0 radical (unpaired) electrons. The highest BCUT2D eigenvalue weighted by atomic mass is 35.5. The Morgan fingerprint density at radius 1 is 1.15 bits per heavy atom. The molecular formula is C38H44ClN3O4S. The van der Waals surface area contributed by atoms with Gasteiger partial charge in [-0.15, -0.1) is 0 Å². The number of allylic oxidation sites excluding steroid dienone is 1. The Balaban J connectivity index is 1.31. The number of carbonyl (C=O) groups excluding carboxylic acids is 1. The van der Waals surface area contributed by atoms with Gasteiger partial charge in [0.1, 0.15) is 16.7 Å². The van der Waals surface area contributed by atoms with Crippen molar-refractivity contribution in [3.05, 3.63) is 100 Å². The summed E-state index contributed by atoms with van der Waals surface area (Å²) < 4.78 is 22.8. The number of nitrogens with zero attached hydrogens (tertiary/aromatic N) is 2. The number of benzene rings is 2. The number of aromatic nitrogens is 1. The van der Waals surface area contributed by atoms with E-state index in [-0.39, 0.29) is 34.3 Å². The molecule has 9 heteroatoms. The van der Waals surface area contributed by atoms with E-state index in [1.807, 2.05) is 62.4 Å². The summed E-state index contributed by atoms with van der Waals surface area (Å²) in [6.07, 6.45) is 11.8. The number of hydrogen-bond acceptors (Lipinski definition) is 6. The molecule has 7 atom stereocenters. The van der Waals surface area contributed by atoms with Gasteiger partial charge in [0.25, 0.3) is 5.91 Å². The van der Waals surface area contributed by atoms with Crippen LogP contribution >= 0.6 is 11.6 Å². The van der Waals surface area contributed by atoms with Crippen molar-refractivity contribution in [1.82, 2.24) is 9.71 Å². The Morgan fingerprint density at radius 2 is 2.02 bits per heavy atom. The second kappa shape index (κ2) is 13.0. The van der Waals surface area contributed by atoms with E-state index in [0.717, 1.165) is 60.8 Å². The summed E-state index contributed by atoms with van der Waals surface area (Å²) in [5.74, 6) is 0.665. The monoisotopic (exact) mass is 673 g/mol. The molecule has 5 unspecified atom stereocenters. The highest BCUT2D eigenvalue weighted by Crippen LogP contribution is 2.49. The van der Waals surface area contributed by atoms with E-state index < -0.39 is 16.6 Å². The second-order valence-electron chi connectivity index (χ2n) is 14.3. The minimum atomic E-state index is -1.58. The SMILES string of the molecule is CC1C/C=C/[C@](O)(Cc2ccccn2)C2CCC2CN2C[C@@]3(CCCc4cc(Cl)ccc43)COc3ccc(cc32)C(=O)NS(=O)C1C. The van der Waals surface area contributed by atoms with Gasteiger partial charge in [0.05, 0.1) is 23.1 Å². The van der Waals surface area contributed by atoms with Crippen molar-refractivity contribution in [2.45, 2.75) is 75.1 Å². The smallest absolute Gasteiger partial charge is 0.263 e. The van der Waals surface area contributed by atoms with Crippen LogP contribution in [0.2, 0.25) is 5.02 Å². The van der Waals surface area contributed by atoms with Crippen LogP contribution in [0.25, 0.3) is 0 Å². The molecule has 2 aliphatic carbocycles. The normalized spacial score (nSPS) is 33.0. The maximum absolute atomic E-state index is 13.5. The van der Waals surface area contributed by atoms with Gasteiger partial charge >= 0.3 is 0 Å². The molecule has 2 N–H and O–H groups in total. The first-order valence-electron chi connectivity index (χ1n) is 17.0. The topological polar surface area (TPSA) is 91.8 Å². The van der Waals surface area contributed by atoms with Crippen LogP contribution in [0, 0.1) is 17.8 Å². The first-order valence-corrected chi connectivity index (χ1v) is 18.6. The van der Waals surface area contributed by atoms with Crippen molar-refractivity contribution in [1.29, 1.82) is 0 Å². The molecule has 7 rings (SSSR count). The fourth-order valence-electron chi connectivity index (χ4n) is 8.22. The largest absolute Gasteiger partial charge is 0.490 e. The number of anilines is 1. The zero-order valence-corrected chi connectivity index (χ0v) is 28.7. The number of rotatable bonds is 2. The minimum Gasteiger partial charge on any atom is -0.490 e. The summed E-state index contributed by atoms with van der Waals surface area (Å²) in [6.45, 7) is 5.90. The molecule has 1 spiro atoms. The van der Waals surface area contributed by atoms with Gasteiger partial charge in [-0.3, -0.25) is 14.5 Å². The molecule has 248 valence electrons. The molecule has 47 heavy (non-hydrogen) atoms. The number of halogens is 1. The quantitative estimate of drug-likeness (QED) is 0.299. The van der Waals surface area contributed by atoms with Crippen LogP contribution in [-0.2, 0) is 29.2 Å². The van der Waals surface area contributed by atoms with Gasteiger partial charge in [-0.05, 0) is 117 Å². The van der Waals surface area contributed by atoms with Crippen molar-refractivity contribution < 1.29 is 18.8 Å². The highest BCUT2D eigenvalue weighted by Gasteiger charge is 2.48. The van der Waals surface area contributed by atoms with E-state index in [0.29, 0.717) is 31.6 Å². The van der Waals surface area contributed by atoms with Gasteiger partial charge < -0.3 is 14.7 Å². The number of aliphatic hydroxyl groups is 1. The Kier molecular flexibility index (Phi) is 8.96. The molecule has 2 aliphatic heterocycles. The molecular weight excluding hydrogens is 630 g/mol. The van der Waals surface area contributed by atoms with E-state index in [2.05, 4.69) is 26.7 Å². The summed E-state index contributed by atoms with van der Waals surface area (Å²) in [4.78, 5) is 20.5.